The van der Waals surface area contributed by atoms with Gasteiger partial charge in [0.05, 0.1) is 0 Å². The third-order valence-electron chi connectivity index (χ3n) is 3.03. The molecule has 0 amide bonds. The molecule has 0 spiro atoms. The second kappa shape index (κ2) is 4.75. The quantitative estimate of drug-likeness (QED) is 0.644. The lowest BCUT2D eigenvalue weighted by molar-refractivity contribution is 0.494. The predicted octanol–water partition coefficient (Wildman–Crippen LogP) is 1.07. The summed E-state index contributed by atoms with van der Waals surface area (Å²) in [6, 6.07) is 9.04. The maximum Gasteiger partial charge on any atom is 0.0341 e. The average Bonchev–Trinajstić information content (AvgIpc) is 2.58. The molecule has 2 unspecified atom stereocenters. The Morgan fingerprint density at radius 2 is 2.00 bits per heavy atom. The van der Waals surface area contributed by atoms with Crippen molar-refractivity contribution in [1.82, 2.24) is 5.32 Å². The molecule has 2 rings (SSSR count). The van der Waals surface area contributed by atoms with Crippen LogP contribution >= 0.6 is 0 Å². The molecule has 0 aromatic heterocycles. The molecule has 1 aromatic rings. The highest BCUT2D eigenvalue weighted by atomic mass is 14.9. The van der Waals surface area contributed by atoms with Crippen molar-refractivity contribution in [2.24, 2.45) is 11.5 Å². The van der Waals surface area contributed by atoms with Gasteiger partial charge in [-0.3, -0.25) is 0 Å². The molecule has 15 heavy (non-hydrogen) atoms. The van der Waals surface area contributed by atoms with Gasteiger partial charge in [-0.2, -0.15) is 0 Å². The molecule has 0 heterocycles. The lowest BCUT2D eigenvalue weighted by Gasteiger charge is -2.13. The standard InChI is InChI=1S/C12H19N3/c13-6-3-7-15-12-8-11(14)9-4-1-2-5-10(9)12/h1-2,4-5,11-12,15H,3,6-8,13-14H2. The summed E-state index contributed by atoms with van der Waals surface area (Å²) in [6.07, 6.45) is 2.03. The molecule has 0 radical (unpaired) electrons. The van der Waals surface area contributed by atoms with Gasteiger partial charge in [-0.1, -0.05) is 24.3 Å². The van der Waals surface area contributed by atoms with E-state index in [4.69, 9.17) is 11.5 Å². The van der Waals surface area contributed by atoms with Crippen molar-refractivity contribution in [3.05, 3.63) is 35.4 Å². The van der Waals surface area contributed by atoms with Crippen LogP contribution in [0.3, 0.4) is 0 Å². The van der Waals surface area contributed by atoms with Crippen LogP contribution in [0.4, 0.5) is 0 Å². The van der Waals surface area contributed by atoms with Crippen molar-refractivity contribution in [3.63, 3.8) is 0 Å². The van der Waals surface area contributed by atoms with E-state index in [9.17, 15) is 0 Å². The summed E-state index contributed by atoms with van der Waals surface area (Å²) < 4.78 is 0. The topological polar surface area (TPSA) is 64.1 Å². The number of nitrogens with one attached hydrogen (secondary N) is 1. The minimum atomic E-state index is 0.191. The fourth-order valence-corrected chi connectivity index (χ4v) is 2.25. The minimum Gasteiger partial charge on any atom is -0.330 e. The van der Waals surface area contributed by atoms with E-state index >= 15 is 0 Å². The average molecular weight is 205 g/mol. The molecule has 0 saturated carbocycles. The number of hydrogen-bond donors (Lipinski definition) is 3. The number of hydrogen-bond acceptors (Lipinski definition) is 3. The molecule has 0 saturated heterocycles. The van der Waals surface area contributed by atoms with Gasteiger partial charge in [0.25, 0.3) is 0 Å². The fourth-order valence-electron chi connectivity index (χ4n) is 2.25. The molecule has 1 aliphatic rings. The molecule has 82 valence electrons. The van der Waals surface area contributed by atoms with E-state index in [0.29, 0.717) is 6.04 Å². The number of fused-ring (bicyclic) bond motifs is 1. The molecule has 0 fully saturated rings. The van der Waals surface area contributed by atoms with Crippen LogP contribution in [0.25, 0.3) is 0 Å². The van der Waals surface area contributed by atoms with Crippen molar-refractivity contribution in [2.75, 3.05) is 13.1 Å². The largest absolute Gasteiger partial charge is 0.330 e. The van der Waals surface area contributed by atoms with Crippen molar-refractivity contribution in [2.45, 2.75) is 24.9 Å². The van der Waals surface area contributed by atoms with Gasteiger partial charge in [-0.05, 0) is 37.1 Å². The van der Waals surface area contributed by atoms with Crippen LogP contribution in [0.2, 0.25) is 0 Å². The lowest BCUT2D eigenvalue weighted by atomic mass is 10.1. The van der Waals surface area contributed by atoms with Crippen LogP contribution in [0.15, 0.2) is 24.3 Å². The summed E-state index contributed by atoms with van der Waals surface area (Å²) >= 11 is 0. The summed E-state index contributed by atoms with van der Waals surface area (Å²) in [6.45, 7) is 1.72. The molecule has 5 N–H and O–H groups in total. The third-order valence-corrected chi connectivity index (χ3v) is 3.03. The summed E-state index contributed by atoms with van der Waals surface area (Å²) in [4.78, 5) is 0. The van der Waals surface area contributed by atoms with Gasteiger partial charge >= 0.3 is 0 Å². The zero-order valence-corrected chi connectivity index (χ0v) is 8.95. The first-order valence-corrected chi connectivity index (χ1v) is 5.61. The zero-order chi connectivity index (χ0) is 10.7. The van der Waals surface area contributed by atoms with Crippen molar-refractivity contribution < 1.29 is 0 Å². The van der Waals surface area contributed by atoms with Crippen LogP contribution in [-0.2, 0) is 0 Å². The first-order valence-electron chi connectivity index (χ1n) is 5.61. The maximum absolute atomic E-state index is 6.08. The molecule has 3 heteroatoms. The monoisotopic (exact) mass is 205 g/mol. The Hall–Kier alpha value is -0.900. The SMILES string of the molecule is NCCCNC1CC(N)c2ccccc21. The van der Waals surface area contributed by atoms with E-state index < -0.39 is 0 Å². The van der Waals surface area contributed by atoms with Crippen LogP contribution in [0.5, 0.6) is 0 Å². The fraction of sp³-hybridized carbons (Fsp3) is 0.500. The molecule has 0 bridgehead atoms. The first kappa shape index (κ1) is 10.6. The van der Waals surface area contributed by atoms with Crippen LogP contribution in [0, 0.1) is 0 Å². The Morgan fingerprint density at radius 1 is 1.27 bits per heavy atom. The Bertz CT molecular complexity index is 324. The first-order chi connectivity index (χ1) is 7.33. The highest BCUT2D eigenvalue weighted by molar-refractivity contribution is 5.37. The molecular formula is C12H19N3. The van der Waals surface area contributed by atoms with Crippen LogP contribution < -0.4 is 16.8 Å². The Balaban J connectivity index is 2.04. The molecular weight excluding hydrogens is 186 g/mol. The van der Waals surface area contributed by atoms with E-state index in [2.05, 4.69) is 29.6 Å². The van der Waals surface area contributed by atoms with Gasteiger partial charge in [0.15, 0.2) is 0 Å². The van der Waals surface area contributed by atoms with Crippen molar-refractivity contribution in [3.8, 4) is 0 Å². The smallest absolute Gasteiger partial charge is 0.0341 e. The van der Waals surface area contributed by atoms with E-state index in [-0.39, 0.29) is 6.04 Å². The van der Waals surface area contributed by atoms with Gasteiger partial charge in [0.2, 0.25) is 0 Å². The Morgan fingerprint density at radius 3 is 2.73 bits per heavy atom. The zero-order valence-electron chi connectivity index (χ0n) is 8.95. The van der Waals surface area contributed by atoms with Gasteiger partial charge < -0.3 is 16.8 Å². The van der Waals surface area contributed by atoms with Crippen molar-refractivity contribution >= 4 is 0 Å². The number of nitrogens with two attached hydrogens (primary N) is 2. The van der Waals surface area contributed by atoms with E-state index in [1.807, 2.05) is 0 Å². The highest BCUT2D eigenvalue weighted by Gasteiger charge is 2.27. The van der Waals surface area contributed by atoms with Gasteiger partial charge in [0.1, 0.15) is 0 Å². The van der Waals surface area contributed by atoms with Crippen molar-refractivity contribution in [1.29, 1.82) is 0 Å². The van der Waals surface area contributed by atoms with Crippen LogP contribution in [0.1, 0.15) is 36.1 Å². The van der Waals surface area contributed by atoms with Crippen LogP contribution in [-0.4, -0.2) is 13.1 Å². The van der Waals surface area contributed by atoms with E-state index in [0.717, 1.165) is 25.9 Å². The summed E-state index contributed by atoms with van der Waals surface area (Å²) in [7, 11) is 0. The normalized spacial score (nSPS) is 24.1. The lowest BCUT2D eigenvalue weighted by Crippen LogP contribution is -2.23. The maximum atomic E-state index is 6.08. The summed E-state index contributed by atoms with van der Waals surface area (Å²) in [5.41, 5.74) is 14.2. The predicted molar refractivity (Wildman–Crippen MR) is 62.4 cm³/mol. The number of rotatable bonds is 4. The summed E-state index contributed by atoms with van der Waals surface area (Å²) in [5.74, 6) is 0. The van der Waals surface area contributed by atoms with Gasteiger partial charge in [-0.25, -0.2) is 0 Å². The van der Waals surface area contributed by atoms with Gasteiger partial charge in [-0.15, -0.1) is 0 Å². The Kier molecular flexibility index (Phi) is 3.36. The van der Waals surface area contributed by atoms with E-state index in [1.165, 1.54) is 11.1 Å². The van der Waals surface area contributed by atoms with E-state index in [1.54, 1.807) is 0 Å². The third kappa shape index (κ3) is 2.20. The molecule has 1 aliphatic carbocycles. The number of benzene rings is 1. The second-order valence-electron chi connectivity index (χ2n) is 4.12. The molecule has 2 atom stereocenters. The summed E-state index contributed by atoms with van der Waals surface area (Å²) in [5, 5.41) is 3.51. The highest BCUT2D eigenvalue weighted by Crippen LogP contribution is 2.36. The molecule has 0 aliphatic heterocycles. The minimum absolute atomic E-state index is 0.191. The Labute approximate surface area is 90.8 Å². The van der Waals surface area contributed by atoms with Gasteiger partial charge in [0, 0.05) is 12.1 Å². The second-order valence-corrected chi connectivity index (χ2v) is 4.12. The molecule has 3 nitrogen and oxygen atoms in total. The molecule has 1 aromatic carbocycles.